The van der Waals surface area contributed by atoms with Crippen molar-refractivity contribution in [3.63, 3.8) is 0 Å². The van der Waals surface area contributed by atoms with Crippen LogP contribution < -0.4 is 5.56 Å². The van der Waals surface area contributed by atoms with Gasteiger partial charge in [-0.15, -0.1) is 11.8 Å². The highest BCUT2D eigenvalue weighted by Gasteiger charge is 2.22. The van der Waals surface area contributed by atoms with Crippen LogP contribution in [0.15, 0.2) is 27.9 Å². The van der Waals surface area contributed by atoms with Gasteiger partial charge < -0.3 is 14.4 Å². The Hall–Kier alpha value is -1.95. The van der Waals surface area contributed by atoms with E-state index in [0.29, 0.717) is 10.9 Å². The second-order valence-electron chi connectivity index (χ2n) is 4.19. The molecule has 0 amide bonds. The molecule has 0 atom stereocenters. The fourth-order valence-electron chi connectivity index (χ4n) is 2.02. The second kappa shape index (κ2) is 5.58. The Morgan fingerprint density at radius 3 is 2.75 bits per heavy atom. The zero-order valence-electron chi connectivity index (χ0n) is 11.5. The highest BCUT2D eigenvalue weighted by Crippen LogP contribution is 2.29. The molecule has 0 spiro atoms. The van der Waals surface area contributed by atoms with E-state index in [1.54, 1.807) is 26.1 Å². The number of aromatic hydroxyl groups is 1. The third kappa shape index (κ3) is 2.27. The molecule has 0 aliphatic rings. The first-order chi connectivity index (χ1) is 9.51. The third-order valence-corrected chi connectivity index (χ3v) is 3.78. The quantitative estimate of drug-likeness (QED) is 0.693. The lowest BCUT2D eigenvalue weighted by Gasteiger charge is -2.11. The Morgan fingerprint density at radius 1 is 1.45 bits per heavy atom. The highest BCUT2D eigenvalue weighted by molar-refractivity contribution is 7.98. The number of thioether (sulfide) groups is 1. The van der Waals surface area contributed by atoms with Gasteiger partial charge in [0.15, 0.2) is 5.56 Å². The van der Waals surface area contributed by atoms with Crippen LogP contribution in [0, 0.1) is 0 Å². The maximum absolute atomic E-state index is 12.2. The van der Waals surface area contributed by atoms with Crippen LogP contribution in [0.25, 0.3) is 10.9 Å². The summed E-state index contributed by atoms with van der Waals surface area (Å²) >= 11 is 1.51. The van der Waals surface area contributed by atoms with Gasteiger partial charge in [0.05, 0.1) is 12.1 Å². The van der Waals surface area contributed by atoms with Crippen molar-refractivity contribution in [2.75, 3.05) is 12.9 Å². The number of carbonyl (C=O) groups excluding carboxylic acids is 1. The van der Waals surface area contributed by atoms with Crippen molar-refractivity contribution in [3.8, 4) is 5.75 Å². The minimum atomic E-state index is -0.804. The number of ether oxygens (including phenoxy) is 1. The number of esters is 1. The van der Waals surface area contributed by atoms with Gasteiger partial charge in [0.1, 0.15) is 5.75 Å². The Labute approximate surface area is 120 Å². The lowest BCUT2D eigenvalue weighted by Crippen LogP contribution is -2.26. The van der Waals surface area contributed by atoms with Crippen molar-refractivity contribution < 1.29 is 14.6 Å². The smallest absolute Gasteiger partial charge is 0.347 e. The molecule has 0 saturated heterocycles. The van der Waals surface area contributed by atoms with Crippen LogP contribution in [0.1, 0.15) is 17.3 Å². The number of fused-ring (bicyclic) bond motifs is 1. The van der Waals surface area contributed by atoms with Crippen LogP contribution in [-0.2, 0) is 11.8 Å². The lowest BCUT2D eigenvalue weighted by molar-refractivity contribution is 0.0520. The molecule has 1 heterocycles. The molecule has 0 fully saturated rings. The molecule has 0 radical (unpaired) electrons. The van der Waals surface area contributed by atoms with Crippen molar-refractivity contribution in [2.24, 2.45) is 7.05 Å². The van der Waals surface area contributed by atoms with Crippen LogP contribution in [0.4, 0.5) is 0 Å². The molecule has 0 unspecified atom stereocenters. The third-order valence-electron chi connectivity index (χ3n) is 3.06. The molecule has 2 rings (SSSR count). The molecule has 1 N–H and O–H groups in total. The number of hydrogen-bond donors (Lipinski definition) is 1. The predicted octanol–water partition coefficient (Wildman–Crippen LogP) is 2.14. The number of rotatable bonds is 3. The van der Waals surface area contributed by atoms with E-state index in [1.807, 2.05) is 12.3 Å². The number of aryl methyl sites for hydroxylation is 1. The van der Waals surface area contributed by atoms with Crippen molar-refractivity contribution in [1.82, 2.24) is 4.57 Å². The summed E-state index contributed by atoms with van der Waals surface area (Å²) in [4.78, 5) is 24.9. The monoisotopic (exact) mass is 293 g/mol. The van der Waals surface area contributed by atoms with E-state index < -0.39 is 11.5 Å². The molecule has 1 aromatic carbocycles. The van der Waals surface area contributed by atoms with Gasteiger partial charge in [0, 0.05) is 17.3 Å². The van der Waals surface area contributed by atoms with Gasteiger partial charge in [-0.2, -0.15) is 0 Å². The Balaban J connectivity index is 2.83. The lowest BCUT2D eigenvalue weighted by atomic mass is 10.1. The Kier molecular flexibility index (Phi) is 4.04. The standard InChI is InChI=1S/C14H15NO4S/c1-4-19-14(18)11-12(16)9-7-8(20-3)5-6-10(9)15(2)13(11)17/h5-7,16H,4H2,1-3H3. The SMILES string of the molecule is CCOC(=O)c1c(O)c2cc(SC)ccc2n(C)c1=O. The van der Waals surface area contributed by atoms with Crippen LogP contribution in [-0.4, -0.2) is 28.5 Å². The molecule has 5 nitrogen and oxygen atoms in total. The Morgan fingerprint density at radius 2 is 2.15 bits per heavy atom. The molecule has 2 aromatic rings. The molecule has 0 aliphatic heterocycles. The molecule has 0 bridgehead atoms. The largest absolute Gasteiger partial charge is 0.506 e. The summed E-state index contributed by atoms with van der Waals surface area (Å²) in [5, 5.41) is 10.7. The average Bonchev–Trinajstić information content (AvgIpc) is 2.45. The number of nitrogens with zero attached hydrogens (tertiary/aromatic N) is 1. The first-order valence-corrected chi connectivity index (χ1v) is 7.30. The number of hydrogen-bond acceptors (Lipinski definition) is 5. The van der Waals surface area contributed by atoms with Crippen molar-refractivity contribution in [3.05, 3.63) is 34.1 Å². The molecule has 0 saturated carbocycles. The minimum Gasteiger partial charge on any atom is -0.506 e. The van der Waals surface area contributed by atoms with Crippen LogP contribution in [0.2, 0.25) is 0 Å². The van der Waals surface area contributed by atoms with Gasteiger partial charge in [-0.25, -0.2) is 4.79 Å². The fraction of sp³-hybridized carbons (Fsp3) is 0.286. The van der Waals surface area contributed by atoms with Crippen molar-refractivity contribution in [2.45, 2.75) is 11.8 Å². The van der Waals surface area contributed by atoms with Gasteiger partial charge in [0.2, 0.25) is 0 Å². The topological polar surface area (TPSA) is 68.5 Å². The molecule has 20 heavy (non-hydrogen) atoms. The van der Waals surface area contributed by atoms with E-state index in [4.69, 9.17) is 4.74 Å². The highest BCUT2D eigenvalue weighted by atomic mass is 32.2. The summed E-state index contributed by atoms with van der Waals surface area (Å²) in [6.07, 6.45) is 1.91. The first kappa shape index (κ1) is 14.5. The molecule has 0 aliphatic carbocycles. The maximum atomic E-state index is 12.2. The van der Waals surface area contributed by atoms with E-state index in [9.17, 15) is 14.7 Å². The number of carbonyl (C=O) groups is 1. The zero-order valence-corrected chi connectivity index (χ0v) is 12.3. The predicted molar refractivity (Wildman–Crippen MR) is 78.6 cm³/mol. The van der Waals surface area contributed by atoms with Gasteiger partial charge in [-0.1, -0.05) is 0 Å². The van der Waals surface area contributed by atoms with Crippen LogP contribution in [0.5, 0.6) is 5.75 Å². The molecule has 6 heteroatoms. The van der Waals surface area contributed by atoms with Gasteiger partial charge in [-0.3, -0.25) is 4.79 Å². The van der Waals surface area contributed by atoms with Crippen molar-refractivity contribution in [1.29, 1.82) is 0 Å². The van der Waals surface area contributed by atoms with Crippen LogP contribution >= 0.6 is 11.8 Å². The van der Waals surface area contributed by atoms with Gasteiger partial charge >= 0.3 is 5.97 Å². The van der Waals surface area contributed by atoms with Crippen molar-refractivity contribution >= 4 is 28.6 Å². The molecule has 1 aromatic heterocycles. The van der Waals surface area contributed by atoms with E-state index in [1.165, 1.54) is 16.3 Å². The molecular weight excluding hydrogens is 278 g/mol. The summed E-state index contributed by atoms with van der Waals surface area (Å²) in [6, 6.07) is 5.35. The second-order valence-corrected chi connectivity index (χ2v) is 5.07. The summed E-state index contributed by atoms with van der Waals surface area (Å²) in [5.74, 6) is -1.13. The minimum absolute atomic E-state index is 0.143. The van der Waals surface area contributed by atoms with Crippen LogP contribution in [0.3, 0.4) is 0 Å². The van der Waals surface area contributed by atoms with Gasteiger partial charge in [0.25, 0.3) is 5.56 Å². The normalized spacial score (nSPS) is 10.8. The van der Waals surface area contributed by atoms with E-state index in [2.05, 4.69) is 0 Å². The summed E-state index contributed by atoms with van der Waals surface area (Å²) in [5.41, 5.74) is -0.316. The molecular formula is C14H15NO4S. The zero-order chi connectivity index (χ0) is 14.9. The summed E-state index contributed by atoms with van der Waals surface area (Å²) in [6.45, 7) is 1.79. The maximum Gasteiger partial charge on any atom is 0.347 e. The number of benzene rings is 1. The van der Waals surface area contributed by atoms with E-state index in [-0.39, 0.29) is 17.9 Å². The average molecular weight is 293 g/mol. The van der Waals surface area contributed by atoms with E-state index >= 15 is 0 Å². The first-order valence-electron chi connectivity index (χ1n) is 6.08. The fourth-order valence-corrected chi connectivity index (χ4v) is 2.46. The summed E-state index contributed by atoms with van der Waals surface area (Å²) < 4.78 is 6.17. The summed E-state index contributed by atoms with van der Waals surface area (Å²) in [7, 11) is 1.56. The Bertz CT molecular complexity index is 736. The number of pyridine rings is 1. The van der Waals surface area contributed by atoms with E-state index in [0.717, 1.165) is 4.90 Å². The number of aromatic nitrogens is 1. The molecule has 106 valence electrons. The van der Waals surface area contributed by atoms with Gasteiger partial charge in [-0.05, 0) is 31.4 Å².